The molecule has 0 radical (unpaired) electrons. The van der Waals surface area contributed by atoms with Gasteiger partial charge in [-0.3, -0.25) is 19.6 Å². The fraction of sp³-hybridized carbons (Fsp3) is 0.448. The smallest absolute Gasteiger partial charge is 0.248 e. The van der Waals surface area contributed by atoms with Gasteiger partial charge in [-0.1, -0.05) is 62.3 Å². The van der Waals surface area contributed by atoms with Crippen LogP contribution in [-0.2, 0) is 16.2 Å². The van der Waals surface area contributed by atoms with E-state index < -0.39 is 0 Å². The Labute approximate surface area is 205 Å². The molecule has 0 atom stereocenters. The van der Waals surface area contributed by atoms with Gasteiger partial charge < -0.3 is 4.98 Å². The van der Waals surface area contributed by atoms with Gasteiger partial charge in [0.05, 0.1) is 0 Å². The number of H-pyrrole nitrogens is 1. The first-order valence-electron chi connectivity index (χ1n) is 11.6. The molecule has 0 unspecified atom stereocenters. The Hall–Kier alpha value is -3.08. The maximum absolute atomic E-state index is 11.1. The molecule has 0 aromatic carbocycles. The Morgan fingerprint density at radius 2 is 1.18 bits per heavy atom. The number of hydrogen-bond donors (Lipinski definition) is 1. The number of carbonyl (C=O) groups excluding carboxylic acids is 1. The Bertz CT molecular complexity index is 1100. The van der Waals surface area contributed by atoms with Crippen LogP contribution in [0.5, 0.6) is 0 Å². The van der Waals surface area contributed by atoms with E-state index >= 15 is 0 Å². The number of nitrogens with one attached hydrogen (secondary N) is 1. The summed E-state index contributed by atoms with van der Waals surface area (Å²) in [5.41, 5.74) is 4.46. The third-order valence-electron chi connectivity index (χ3n) is 5.17. The summed E-state index contributed by atoms with van der Waals surface area (Å²) in [4.78, 5) is 32.5. The van der Waals surface area contributed by atoms with Crippen LogP contribution in [0.3, 0.4) is 0 Å². The average Bonchev–Trinajstić information content (AvgIpc) is 2.74. The highest BCUT2D eigenvalue weighted by molar-refractivity contribution is 5.92. The van der Waals surface area contributed by atoms with Gasteiger partial charge in [0.2, 0.25) is 5.56 Å². The molecule has 0 aliphatic heterocycles. The largest absolute Gasteiger partial charge is 0.329 e. The lowest BCUT2D eigenvalue weighted by atomic mass is 9.87. The Morgan fingerprint density at radius 1 is 0.706 bits per heavy atom. The maximum Gasteiger partial charge on any atom is 0.248 e. The van der Waals surface area contributed by atoms with Crippen LogP contribution >= 0.6 is 0 Å². The zero-order chi connectivity index (χ0) is 26.2. The van der Waals surface area contributed by atoms with Gasteiger partial charge in [-0.25, -0.2) is 0 Å². The SMILES string of the molecule is CC(=O)c1cc(C(C)(C)C)ccn1.CC(C)(C)c1cc[nH]c(=O)c1.CC(C)(C)c1ccncc1. The summed E-state index contributed by atoms with van der Waals surface area (Å²) < 4.78 is 0. The molecule has 0 aliphatic carbocycles. The van der Waals surface area contributed by atoms with E-state index in [1.54, 1.807) is 18.5 Å². The molecule has 5 heteroatoms. The van der Waals surface area contributed by atoms with Crippen molar-refractivity contribution in [2.75, 3.05) is 0 Å². The minimum Gasteiger partial charge on any atom is -0.329 e. The van der Waals surface area contributed by atoms with Crippen LogP contribution in [0.15, 0.2) is 66.0 Å². The van der Waals surface area contributed by atoms with E-state index in [1.165, 1.54) is 12.5 Å². The number of Topliss-reactive ketones (excluding diaryl/α,β-unsaturated/α-hetero) is 1. The number of ketones is 1. The third kappa shape index (κ3) is 10.2. The van der Waals surface area contributed by atoms with Crippen molar-refractivity contribution in [2.24, 2.45) is 0 Å². The molecule has 0 aliphatic rings. The lowest BCUT2D eigenvalue weighted by molar-refractivity contribution is 0.101. The number of aromatic amines is 1. The molecule has 0 saturated heterocycles. The van der Waals surface area contributed by atoms with Crippen molar-refractivity contribution in [2.45, 2.75) is 85.5 Å². The molecule has 0 bridgehead atoms. The minimum atomic E-state index is -0.0302. The first kappa shape index (κ1) is 29.0. The fourth-order valence-electron chi connectivity index (χ4n) is 2.85. The van der Waals surface area contributed by atoms with Crippen LogP contribution < -0.4 is 5.56 Å². The van der Waals surface area contributed by atoms with E-state index in [1.807, 2.05) is 30.6 Å². The lowest BCUT2D eigenvalue weighted by Crippen LogP contribution is -2.15. The quantitative estimate of drug-likeness (QED) is 0.411. The van der Waals surface area contributed by atoms with Gasteiger partial charge in [-0.05, 0) is 63.3 Å². The van der Waals surface area contributed by atoms with Crippen molar-refractivity contribution in [1.82, 2.24) is 15.0 Å². The molecular weight excluding hydrogens is 422 g/mol. The summed E-state index contributed by atoms with van der Waals surface area (Å²) in [5, 5.41) is 0. The number of aromatic nitrogens is 3. The normalized spacial score (nSPS) is 11.5. The molecule has 3 rings (SSSR count). The van der Waals surface area contributed by atoms with Crippen molar-refractivity contribution >= 4 is 5.78 Å². The minimum absolute atomic E-state index is 0.0195. The van der Waals surface area contributed by atoms with Crippen molar-refractivity contribution in [1.29, 1.82) is 0 Å². The first-order chi connectivity index (χ1) is 15.5. The molecular formula is C29H41N3O2. The summed E-state index contributed by atoms with van der Waals surface area (Å²) in [6, 6.07) is 11.5. The Morgan fingerprint density at radius 3 is 1.56 bits per heavy atom. The Balaban J connectivity index is 0.000000257. The molecule has 0 fully saturated rings. The predicted octanol–water partition coefficient (Wildman–Crippen LogP) is 6.63. The second-order valence-corrected chi connectivity index (χ2v) is 11.4. The van der Waals surface area contributed by atoms with E-state index in [9.17, 15) is 9.59 Å². The van der Waals surface area contributed by atoms with Crippen LogP contribution in [0, 0.1) is 0 Å². The number of nitrogens with zero attached hydrogens (tertiary/aromatic N) is 2. The molecule has 3 aromatic rings. The molecule has 1 N–H and O–H groups in total. The summed E-state index contributed by atoms with van der Waals surface area (Å²) in [6.45, 7) is 20.7. The molecule has 0 spiro atoms. The highest BCUT2D eigenvalue weighted by Crippen LogP contribution is 2.22. The molecule has 0 amide bonds. The summed E-state index contributed by atoms with van der Waals surface area (Å²) >= 11 is 0. The van der Waals surface area contributed by atoms with Gasteiger partial charge in [0.15, 0.2) is 5.78 Å². The highest BCUT2D eigenvalue weighted by Gasteiger charge is 2.15. The van der Waals surface area contributed by atoms with Gasteiger partial charge in [0.1, 0.15) is 5.69 Å². The third-order valence-corrected chi connectivity index (χ3v) is 5.17. The highest BCUT2D eigenvalue weighted by atomic mass is 16.1. The summed E-state index contributed by atoms with van der Waals surface area (Å²) in [7, 11) is 0. The van der Waals surface area contributed by atoms with Crippen molar-refractivity contribution in [3.8, 4) is 0 Å². The maximum atomic E-state index is 11.1. The monoisotopic (exact) mass is 463 g/mol. The van der Waals surface area contributed by atoms with E-state index in [0.717, 1.165) is 11.1 Å². The van der Waals surface area contributed by atoms with Crippen molar-refractivity contribution in [3.63, 3.8) is 0 Å². The fourth-order valence-corrected chi connectivity index (χ4v) is 2.85. The number of hydrogen-bond acceptors (Lipinski definition) is 4. The van der Waals surface area contributed by atoms with Crippen LogP contribution in [0.4, 0.5) is 0 Å². The topological polar surface area (TPSA) is 75.7 Å². The zero-order valence-electron chi connectivity index (χ0n) is 22.5. The lowest BCUT2D eigenvalue weighted by Gasteiger charge is -2.18. The van der Waals surface area contributed by atoms with Crippen LogP contribution in [0.2, 0.25) is 0 Å². The van der Waals surface area contributed by atoms with Gasteiger partial charge >= 0.3 is 0 Å². The second kappa shape index (κ2) is 11.9. The summed E-state index contributed by atoms with van der Waals surface area (Å²) in [6.07, 6.45) is 7.04. The van der Waals surface area contributed by atoms with E-state index in [2.05, 4.69) is 89.4 Å². The van der Waals surface area contributed by atoms with Crippen molar-refractivity contribution in [3.05, 3.63) is 93.9 Å². The van der Waals surface area contributed by atoms with Gasteiger partial charge in [-0.2, -0.15) is 0 Å². The van der Waals surface area contributed by atoms with Crippen molar-refractivity contribution < 1.29 is 4.79 Å². The average molecular weight is 464 g/mol. The zero-order valence-corrected chi connectivity index (χ0v) is 22.5. The molecule has 5 nitrogen and oxygen atoms in total. The molecule has 34 heavy (non-hydrogen) atoms. The number of carbonyl (C=O) groups is 1. The van der Waals surface area contributed by atoms with Gasteiger partial charge in [-0.15, -0.1) is 0 Å². The van der Waals surface area contributed by atoms with Crippen LogP contribution in [0.1, 0.15) is 96.4 Å². The summed E-state index contributed by atoms with van der Waals surface area (Å²) in [5.74, 6) is 0.0195. The standard InChI is InChI=1S/C11H15NO.C9H13NO.C9H13N/c1-8(13)10-7-9(5-6-12-10)11(2,3)4;1-9(2,3)7-4-5-10-8(11)6-7;1-9(2,3)8-4-6-10-7-5-8/h5-7H,1-4H3;4-6H,1-3H3,(H,10,11);4-7H,1-3H3. The molecule has 3 aromatic heterocycles. The van der Waals surface area contributed by atoms with Crippen LogP contribution in [-0.4, -0.2) is 20.7 Å². The predicted molar refractivity (Wildman–Crippen MR) is 142 cm³/mol. The van der Waals surface area contributed by atoms with Gasteiger partial charge in [0.25, 0.3) is 0 Å². The van der Waals surface area contributed by atoms with E-state index in [-0.39, 0.29) is 27.6 Å². The molecule has 184 valence electrons. The van der Waals surface area contributed by atoms with E-state index in [4.69, 9.17) is 0 Å². The van der Waals surface area contributed by atoms with Crippen LogP contribution in [0.25, 0.3) is 0 Å². The molecule has 0 saturated carbocycles. The Kier molecular flexibility index (Phi) is 10.1. The molecule has 3 heterocycles. The second-order valence-electron chi connectivity index (χ2n) is 11.4. The number of rotatable bonds is 1. The van der Waals surface area contributed by atoms with Gasteiger partial charge in [0, 0.05) is 37.8 Å². The first-order valence-corrected chi connectivity index (χ1v) is 11.6. The number of pyridine rings is 3. The van der Waals surface area contributed by atoms with E-state index in [0.29, 0.717) is 5.69 Å².